The molecule has 0 bridgehead atoms. The van der Waals surface area contributed by atoms with Crippen molar-refractivity contribution in [3.8, 4) is 0 Å². The van der Waals surface area contributed by atoms with Gasteiger partial charge in [0.1, 0.15) is 11.7 Å². The lowest BCUT2D eigenvalue weighted by Crippen LogP contribution is -2.68. The molecule has 4 heteroatoms. The summed E-state index contributed by atoms with van der Waals surface area (Å²) < 4.78 is 0. The van der Waals surface area contributed by atoms with Crippen molar-refractivity contribution in [2.45, 2.75) is 50.0 Å². The Labute approximate surface area is 84.2 Å². The molecule has 0 saturated carbocycles. The monoisotopic (exact) mass is 201 g/mol. The maximum atomic E-state index is 10.2. The van der Waals surface area contributed by atoms with Crippen molar-refractivity contribution in [1.82, 2.24) is 4.90 Å². The van der Waals surface area contributed by atoms with E-state index in [0.717, 1.165) is 25.8 Å². The number of hydrogen-bond donors (Lipinski definition) is 3. The Balaban J connectivity index is 2.19. The Morgan fingerprint density at radius 2 is 2.00 bits per heavy atom. The van der Waals surface area contributed by atoms with E-state index in [1.165, 1.54) is 0 Å². The van der Waals surface area contributed by atoms with Gasteiger partial charge in [-0.25, -0.2) is 0 Å². The van der Waals surface area contributed by atoms with Gasteiger partial charge in [0.15, 0.2) is 0 Å². The Morgan fingerprint density at radius 3 is 2.71 bits per heavy atom. The van der Waals surface area contributed by atoms with E-state index >= 15 is 0 Å². The van der Waals surface area contributed by atoms with Gasteiger partial charge < -0.3 is 15.3 Å². The highest BCUT2D eigenvalue weighted by Gasteiger charge is 2.50. The van der Waals surface area contributed by atoms with E-state index in [2.05, 4.69) is 4.90 Å². The van der Waals surface area contributed by atoms with Crippen molar-refractivity contribution in [3.05, 3.63) is 0 Å². The first kappa shape index (κ1) is 10.4. The van der Waals surface area contributed by atoms with E-state index in [-0.39, 0.29) is 6.04 Å². The molecular formula is C10H19NO3. The molecule has 4 nitrogen and oxygen atoms in total. The molecular weight excluding hydrogens is 182 g/mol. The Morgan fingerprint density at radius 1 is 1.29 bits per heavy atom. The number of aliphatic hydroxyl groups excluding tert-OH is 2. The fourth-order valence-corrected chi connectivity index (χ4v) is 2.80. The van der Waals surface area contributed by atoms with Gasteiger partial charge in [0.05, 0.1) is 6.10 Å². The number of aliphatic hydroxyl groups is 3. The lowest BCUT2D eigenvalue weighted by atomic mass is 9.78. The van der Waals surface area contributed by atoms with Crippen LogP contribution in [0.25, 0.3) is 0 Å². The zero-order chi connectivity index (χ0) is 10.3. The van der Waals surface area contributed by atoms with Crippen molar-refractivity contribution in [3.63, 3.8) is 0 Å². The van der Waals surface area contributed by atoms with Crippen LogP contribution in [0.2, 0.25) is 0 Å². The predicted molar refractivity (Wildman–Crippen MR) is 51.8 cm³/mol. The number of nitrogens with zero attached hydrogens (tertiary/aromatic N) is 1. The van der Waals surface area contributed by atoms with Crippen LogP contribution in [0.15, 0.2) is 0 Å². The van der Waals surface area contributed by atoms with E-state index in [1.807, 2.05) is 0 Å². The summed E-state index contributed by atoms with van der Waals surface area (Å²) in [6.45, 7) is 3.04. The summed E-state index contributed by atoms with van der Waals surface area (Å²) >= 11 is 0. The van der Waals surface area contributed by atoms with Gasteiger partial charge >= 0.3 is 0 Å². The molecule has 0 aliphatic carbocycles. The van der Waals surface area contributed by atoms with E-state index in [1.54, 1.807) is 6.92 Å². The van der Waals surface area contributed by atoms with Gasteiger partial charge in [-0.15, -0.1) is 0 Å². The van der Waals surface area contributed by atoms with Gasteiger partial charge in [-0.1, -0.05) is 6.42 Å². The molecule has 0 spiro atoms. The minimum Gasteiger partial charge on any atom is -0.389 e. The Bertz CT molecular complexity index is 219. The zero-order valence-corrected chi connectivity index (χ0v) is 8.56. The highest BCUT2D eigenvalue weighted by atomic mass is 16.4. The largest absolute Gasteiger partial charge is 0.389 e. The molecule has 2 rings (SSSR count). The predicted octanol–water partition coefficient (Wildman–Crippen LogP) is -0.673. The van der Waals surface area contributed by atoms with E-state index < -0.39 is 17.8 Å². The Kier molecular flexibility index (Phi) is 2.55. The standard InChI is InChI=1S/C10H19NO3/c1-10(14)8-4-2-3-5-11(8)6-7(12)9(10)13/h7-9,12-14H,2-6H2,1H3/t7-,8+,9+,10+/m0/s1. The SMILES string of the molecule is C[C@]1(O)[C@H](O)[C@@H](O)CN2CCCC[C@@H]21. The van der Waals surface area contributed by atoms with Crippen molar-refractivity contribution in [2.24, 2.45) is 0 Å². The summed E-state index contributed by atoms with van der Waals surface area (Å²) in [6, 6.07) is 0.00894. The van der Waals surface area contributed by atoms with Crippen LogP contribution in [0.5, 0.6) is 0 Å². The first-order valence-corrected chi connectivity index (χ1v) is 5.36. The molecule has 0 unspecified atom stereocenters. The molecule has 2 heterocycles. The van der Waals surface area contributed by atoms with Crippen molar-refractivity contribution < 1.29 is 15.3 Å². The Hall–Kier alpha value is -0.160. The fourth-order valence-electron chi connectivity index (χ4n) is 2.80. The fraction of sp³-hybridized carbons (Fsp3) is 1.00. The molecule has 2 aliphatic rings. The molecule has 0 amide bonds. The van der Waals surface area contributed by atoms with Crippen molar-refractivity contribution in [1.29, 1.82) is 0 Å². The highest BCUT2D eigenvalue weighted by molar-refractivity contribution is 5.04. The zero-order valence-electron chi connectivity index (χ0n) is 8.56. The molecule has 2 fully saturated rings. The quantitative estimate of drug-likeness (QED) is 0.486. The molecule has 0 aromatic carbocycles. The average Bonchev–Trinajstić information content (AvgIpc) is 2.15. The van der Waals surface area contributed by atoms with Crippen molar-refractivity contribution >= 4 is 0 Å². The summed E-state index contributed by atoms with van der Waals surface area (Å²) in [5.74, 6) is 0. The third-order valence-electron chi connectivity index (χ3n) is 3.67. The first-order valence-electron chi connectivity index (χ1n) is 5.36. The maximum absolute atomic E-state index is 10.2. The molecule has 2 aliphatic heterocycles. The summed E-state index contributed by atoms with van der Waals surface area (Å²) in [5.41, 5.74) is -1.17. The van der Waals surface area contributed by atoms with E-state index in [9.17, 15) is 15.3 Å². The van der Waals surface area contributed by atoms with E-state index in [0.29, 0.717) is 6.54 Å². The molecule has 2 saturated heterocycles. The van der Waals surface area contributed by atoms with Crippen LogP contribution in [0, 0.1) is 0 Å². The summed E-state index contributed by atoms with van der Waals surface area (Å²) in [6.07, 6.45) is 1.30. The normalized spacial score (nSPS) is 50.1. The molecule has 4 atom stereocenters. The lowest BCUT2D eigenvalue weighted by molar-refractivity contribution is -0.196. The van der Waals surface area contributed by atoms with Gasteiger partial charge in [-0.05, 0) is 26.3 Å². The van der Waals surface area contributed by atoms with Crippen LogP contribution in [0.4, 0.5) is 0 Å². The molecule has 14 heavy (non-hydrogen) atoms. The molecule has 0 radical (unpaired) electrons. The number of rotatable bonds is 0. The van der Waals surface area contributed by atoms with Crippen molar-refractivity contribution in [2.75, 3.05) is 13.1 Å². The summed E-state index contributed by atoms with van der Waals surface area (Å²) in [5, 5.41) is 29.5. The summed E-state index contributed by atoms with van der Waals surface area (Å²) in [4.78, 5) is 2.10. The molecule has 3 N–H and O–H groups in total. The third kappa shape index (κ3) is 1.46. The maximum Gasteiger partial charge on any atom is 0.111 e. The second-order valence-electron chi connectivity index (χ2n) is 4.74. The van der Waals surface area contributed by atoms with Gasteiger partial charge in [0.2, 0.25) is 0 Å². The van der Waals surface area contributed by atoms with Gasteiger partial charge in [0, 0.05) is 12.6 Å². The molecule has 0 aromatic heterocycles. The average molecular weight is 201 g/mol. The smallest absolute Gasteiger partial charge is 0.111 e. The highest BCUT2D eigenvalue weighted by Crippen LogP contribution is 2.33. The third-order valence-corrected chi connectivity index (χ3v) is 3.67. The van der Waals surface area contributed by atoms with Gasteiger partial charge in [-0.3, -0.25) is 4.90 Å². The van der Waals surface area contributed by atoms with Crippen LogP contribution < -0.4 is 0 Å². The van der Waals surface area contributed by atoms with Crippen LogP contribution in [-0.2, 0) is 0 Å². The first-order chi connectivity index (χ1) is 6.53. The van der Waals surface area contributed by atoms with Gasteiger partial charge in [-0.2, -0.15) is 0 Å². The van der Waals surface area contributed by atoms with E-state index in [4.69, 9.17) is 0 Å². The van der Waals surface area contributed by atoms with Crippen LogP contribution in [0.1, 0.15) is 26.2 Å². The van der Waals surface area contributed by atoms with Crippen LogP contribution in [-0.4, -0.2) is 57.2 Å². The van der Waals surface area contributed by atoms with Gasteiger partial charge in [0.25, 0.3) is 0 Å². The summed E-state index contributed by atoms with van der Waals surface area (Å²) in [7, 11) is 0. The second kappa shape index (κ2) is 3.45. The van der Waals surface area contributed by atoms with Crippen LogP contribution >= 0.6 is 0 Å². The number of fused-ring (bicyclic) bond motifs is 1. The molecule has 0 aromatic rings. The van der Waals surface area contributed by atoms with Crippen LogP contribution in [0.3, 0.4) is 0 Å². The minimum atomic E-state index is -1.17. The minimum absolute atomic E-state index is 0.00894. The second-order valence-corrected chi connectivity index (χ2v) is 4.74. The number of hydrogen-bond acceptors (Lipinski definition) is 4. The number of piperidine rings is 2. The molecule has 82 valence electrons. The lowest BCUT2D eigenvalue weighted by Gasteiger charge is -2.51. The topological polar surface area (TPSA) is 63.9 Å².